The molecule has 2 aliphatic rings. The number of carbonyl (C=O) groups excluding carboxylic acids is 3. The topological polar surface area (TPSA) is 104 Å². The molecule has 1 aromatic heterocycles. The van der Waals surface area contributed by atoms with Gasteiger partial charge in [0.1, 0.15) is 11.4 Å². The van der Waals surface area contributed by atoms with Gasteiger partial charge in [0, 0.05) is 36.9 Å². The Hall–Kier alpha value is -3.32. The maximum atomic E-state index is 13.3. The van der Waals surface area contributed by atoms with Crippen LogP contribution in [0, 0.1) is 0 Å². The summed E-state index contributed by atoms with van der Waals surface area (Å²) in [5.74, 6) is -0.218. The Bertz CT molecular complexity index is 1170. The molecule has 2 N–H and O–H groups in total. The van der Waals surface area contributed by atoms with Crippen LogP contribution in [-0.2, 0) is 16.1 Å². The van der Waals surface area contributed by atoms with Crippen molar-refractivity contribution < 1.29 is 32.3 Å². The van der Waals surface area contributed by atoms with Crippen molar-refractivity contribution in [3.8, 4) is 0 Å². The Morgan fingerprint density at radius 1 is 1.16 bits per heavy atom. The number of benzene rings is 1. The van der Waals surface area contributed by atoms with Gasteiger partial charge in [0.15, 0.2) is 0 Å². The number of pyridine rings is 1. The quantitative estimate of drug-likeness (QED) is 0.408. The molecule has 0 unspecified atom stereocenters. The first kappa shape index (κ1) is 26.7. The molecule has 1 aromatic carbocycles. The molecule has 4 rings (SSSR count). The smallest absolute Gasteiger partial charge is 0.381 e. The Balaban J connectivity index is 1.45. The van der Waals surface area contributed by atoms with Crippen LogP contribution in [-0.4, -0.2) is 58.2 Å². The number of ether oxygens (including phenoxy) is 1. The molecular weight excluding hydrogens is 511 g/mol. The molecule has 0 radical (unpaired) electrons. The Morgan fingerprint density at radius 2 is 1.84 bits per heavy atom. The number of hydrogen-bond donors (Lipinski definition) is 2. The first-order valence-corrected chi connectivity index (χ1v) is 12.4. The number of alkyl halides is 3. The van der Waals surface area contributed by atoms with Gasteiger partial charge < -0.3 is 15.0 Å². The number of halogens is 3. The summed E-state index contributed by atoms with van der Waals surface area (Å²) in [4.78, 5) is 45.2. The van der Waals surface area contributed by atoms with Crippen LogP contribution >= 0.6 is 11.8 Å². The number of carbonyl (C=O) groups is 3. The summed E-state index contributed by atoms with van der Waals surface area (Å²) >= 11 is -0.274. The number of anilines is 2. The minimum absolute atomic E-state index is 0.0121. The van der Waals surface area contributed by atoms with Gasteiger partial charge in [-0.05, 0) is 80.4 Å². The summed E-state index contributed by atoms with van der Waals surface area (Å²) in [6.07, 6.45) is 2.94. The molecule has 9 nitrogen and oxygen atoms in total. The second-order valence-electron chi connectivity index (χ2n) is 9.14. The van der Waals surface area contributed by atoms with Crippen LogP contribution in [0.5, 0.6) is 0 Å². The van der Waals surface area contributed by atoms with Gasteiger partial charge in [-0.2, -0.15) is 13.2 Å². The molecule has 0 saturated carbocycles. The molecule has 0 aliphatic carbocycles. The average Bonchev–Trinajstić information content (AvgIpc) is 2.99. The van der Waals surface area contributed by atoms with E-state index in [1.807, 2.05) is 0 Å². The fourth-order valence-electron chi connectivity index (χ4n) is 4.13. The lowest BCUT2D eigenvalue weighted by Crippen LogP contribution is -2.43. The number of amides is 5. The normalized spacial score (nSPS) is 18.3. The van der Waals surface area contributed by atoms with Crippen LogP contribution in [0.15, 0.2) is 47.5 Å². The van der Waals surface area contributed by atoms with Crippen LogP contribution in [0.1, 0.15) is 32.3 Å². The van der Waals surface area contributed by atoms with Crippen LogP contribution in [0.4, 0.5) is 34.3 Å². The Labute approximate surface area is 215 Å². The summed E-state index contributed by atoms with van der Waals surface area (Å²) in [6, 6.07) is 7.36. The molecule has 5 amide bonds. The number of hydrogen-bond acceptors (Lipinski definition) is 6. The lowest BCUT2D eigenvalue weighted by molar-refractivity contribution is -0.123. The second-order valence-corrected chi connectivity index (χ2v) is 10.3. The molecule has 0 atom stereocenters. The van der Waals surface area contributed by atoms with Gasteiger partial charge in [-0.25, -0.2) is 19.5 Å². The highest BCUT2D eigenvalue weighted by molar-refractivity contribution is 8.00. The standard InChI is InChI=1S/C24H26F3N5O4S/c1-23(2)20(33)32(17-3-5-18(6-4-17)37-24(25,26)27)22(35)31(23)14-15-7-10-28-19(13-15)30-21(34)29-16-8-11-36-12-9-16/h3-7,10,13,16H,8-9,11-12,14H2,1-2H3,(H2,28,29,30,34). The minimum Gasteiger partial charge on any atom is -0.381 e. The molecule has 0 spiro atoms. The van der Waals surface area contributed by atoms with Gasteiger partial charge in [-0.3, -0.25) is 10.1 Å². The number of imide groups is 1. The Morgan fingerprint density at radius 3 is 2.49 bits per heavy atom. The molecule has 2 aliphatic heterocycles. The molecule has 37 heavy (non-hydrogen) atoms. The molecule has 2 saturated heterocycles. The van der Waals surface area contributed by atoms with Gasteiger partial charge in [0.05, 0.1) is 5.69 Å². The number of nitrogens with one attached hydrogen (secondary N) is 2. The van der Waals surface area contributed by atoms with Crippen LogP contribution in [0.3, 0.4) is 0 Å². The molecule has 2 fully saturated rings. The summed E-state index contributed by atoms with van der Waals surface area (Å²) in [5.41, 5.74) is -4.85. The predicted octanol–water partition coefficient (Wildman–Crippen LogP) is 4.74. The summed E-state index contributed by atoms with van der Waals surface area (Å²) in [5, 5.41) is 5.56. The molecule has 2 aromatic rings. The van der Waals surface area contributed by atoms with E-state index in [4.69, 9.17) is 4.74 Å². The van der Waals surface area contributed by atoms with Crippen molar-refractivity contribution in [3.05, 3.63) is 48.2 Å². The summed E-state index contributed by atoms with van der Waals surface area (Å²) < 4.78 is 43.2. The predicted molar refractivity (Wildman–Crippen MR) is 131 cm³/mol. The van der Waals surface area contributed by atoms with E-state index in [2.05, 4.69) is 15.6 Å². The number of thioether (sulfide) groups is 1. The van der Waals surface area contributed by atoms with Gasteiger partial charge in [-0.15, -0.1) is 0 Å². The highest BCUT2D eigenvalue weighted by Gasteiger charge is 2.51. The third-order valence-corrected chi connectivity index (χ3v) is 6.85. The highest BCUT2D eigenvalue weighted by atomic mass is 32.2. The van der Waals surface area contributed by atoms with Gasteiger partial charge in [0.25, 0.3) is 5.91 Å². The first-order chi connectivity index (χ1) is 17.4. The lowest BCUT2D eigenvalue weighted by Gasteiger charge is -2.27. The molecular formula is C24H26F3N5O4S. The lowest BCUT2D eigenvalue weighted by atomic mass is 10.0. The van der Waals surface area contributed by atoms with Gasteiger partial charge in [0.2, 0.25) is 0 Å². The minimum atomic E-state index is -4.44. The average molecular weight is 538 g/mol. The maximum absolute atomic E-state index is 13.3. The van der Waals surface area contributed by atoms with E-state index in [9.17, 15) is 27.6 Å². The third kappa shape index (κ3) is 6.34. The van der Waals surface area contributed by atoms with Gasteiger partial charge in [-0.1, -0.05) is 0 Å². The van der Waals surface area contributed by atoms with Gasteiger partial charge >= 0.3 is 17.6 Å². The zero-order valence-electron chi connectivity index (χ0n) is 20.2. The van der Waals surface area contributed by atoms with E-state index in [1.54, 1.807) is 26.0 Å². The van der Waals surface area contributed by atoms with Crippen molar-refractivity contribution in [2.45, 2.75) is 55.2 Å². The van der Waals surface area contributed by atoms with E-state index in [0.29, 0.717) is 18.8 Å². The van der Waals surface area contributed by atoms with Crippen LogP contribution < -0.4 is 15.5 Å². The van der Waals surface area contributed by atoms with E-state index < -0.39 is 29.0 Å². The number of rotatable bonds is 6. The fraction of sp³-hybridized carbons (Fsp3) is 0.417. The summed E-state index contributed by atoms with van der Waals surface area (Å²) in [6.45, 7) is 4.43. The van der Waals surface area contributed by atoms with Crippen molar-refractivity contribution >= 4 is 41.2 Å². The number of urea groups is 2. The van der Waals surface area contributed by atoms with Crippen molar-refractivity contribution in [1.82, 2.24) is 15.2 Å². The highest BCUT2D eigenvalue weighted by Crippen LogP contribution is 2.39. The van der Waals surface area contributed by atoms with Crippen molar-refractivity contribution in [1.29, 1.82) is 0 Å². The molecule has 13 heteroatoms. The second kappa shape index (κ2) is 10.6. The van der Waals surface area contributed by atoms with Crippen molar-refractivity contribution in [2.75, 3.05) is 23.4 Å². The molecule has 3 heterocycles. The van der Waals surface area contributed by atoms with Crippen LogP contribution in [0.25, 0.3) is 0 Å². The first-order valence-electron chi connectivity index (χ1n) is 11.6. The Kier molecular flexibility index (Phi) is 7.64. The SMILES string of the molecule is CC1(C)C(=O)N(c2ccc(SC(F)(F)F)cc2)C(=O)N1Cc1ccnc(NC(=O)NC2CCOCC2)c1. The van der Waals surface area contributed by atoms with Crippen molar-refractivity contribution in [3.63, 3.8) is 0 Å². The monoisotopic (exact) mass is 537 g/mol. The summed E-state index contributed by atoms with van der Waals surface area (Å²) in [7, 11) is 0. The van der Waals surface area contributed by atoms with E-state index in [1.165, 1.54) is 35.4 Å². The molecule has 198 valence electrons. The van der Waals surface area contributed by atoms with E-state index >= 15 is 0 Å². The number of nitrogens with zero attached hydrogens (tertiary/aromatic N) is 3. The zero-order valence-corrected chi connectivity index (χ0v) is 21.0. The van der Waals surface area contributed by atoms with E-state index in [-0.39, 0.29) is 40.7 Å². The van der Waals surface area contributed by atoms with E-state index in [0.717, 1.165) is 17.7 Å². The largest absolute Gasteiger partial charge is 0.446 e. The molecule has 0 bridgehead atoms. The maximum Gasteiger partial charge on any atom is 0.446 e. The third-order valence-electron chi connectivity index (χ3n) is 6.12. The zero-order chi connectivity index (χ0) is 26.8. The fourth-order valence-corrected chi connectivity index (χ4v) is 4.67. The van der Waals surface area contributed by atoms with Crippen molar-refractivity contribution in [2.24, 2.45) is 0 Å². The number of aromatic nitrogens is 1. The van der Waals surface area contributed by atoms with Crippen LogP contribution in [0.2, 0.25) is 0 Å².